The number of carbonyl (C=O) groups is 2. The Balaban J connectivity index is 1.84. The number of hydrogen-bond donors (Lipinski definition) is 0. The summed E-state index contributed by atoms with van der Waals surface area (Å²) < 4.78 is 18.1. The van der Waals surface area contributed by atoms with Crippen LogP contribution < -0.4 is 4.74 Å². The molecule has 0 N–H and O–H groups in total. The summed E-state index contributed by atoms with van der Waals surface area (Å²) in [5.74, 6) is -0.000304. The first-order valence-corrected chi connectivity index (χ1v) is 11.2. The molecule has 170 valence electrons. The van der Waals surface area contributed by atoms with Crippen LogP contribution in [0.25, 0.3) is 10.9 Å². The lowest BCUT2D eigenvalue weighted by molar-refractivity contribution is -0.143. The zero-order valence-electron chi connectivity index (χ0n) is 18.4. The van der Waals surface area contributed by atoms with Crippen LogP contribution in [-0.2, 0) is 27.4 Å². The lowest BCUT2D eigenvalue weighted by atomic mass is 10.2. The molecule has 2 aromatic carbocycles. The molecule has 3 aromatic rings. The largest absolute Gasteiger partial charge is 0.489 e. The van der Waals surface area contributed by atoms with Crippen molar-refractivity contribution in [2.45, 2.75) is 46.3 Å². The van der Waals surface area contributed by atoms with Gasteiger partial charge < -0.3 is 18.8 Å². The van der Waals surface area contributed by atoms with E-state index in [1.165, 1.54) is 0 Å². The highest BCUT2D eigenvalue weighted by Crippen LogP contribution is 2.33. The first-order chi connectivity index (χ1) is 15.5. The van der Waals surface area contributed by atoms with E-state index in [1.54, 1.807) is 26.0 Å². The van der Waals surface area contributed by atoms with Crippen molar-refractivity contribution in [2.75, 3.05) is 13.2 Å². The fraction of sp³-hybridized carbons (Fsp3) is 0.360. The zero-order valence-corrected chi connectivity index (χ0v) is 19.2. The smallest absolute Gasteiger partial charge is 0.354 e. The average Bonchev–Trinajstić information content (AvgIpc) is 3.15. The molecule has 1 aromatic heterocycles. The molecule has 0 saturated heterocycles. The van der Waals surface area contributed by atoms with Crippen molar-refractivity contribution in [3.63, 3.8) is 0 Å². The maximum atomic E-state index is 12.6. The van der Waals surface area contributed by atoms with E-state index in [9.17, 15) is 9.59 Å². The number of esters is 2. The van der Waals surface area contributed by atoms with Crippen LogP contribution >= 0.6 is 11.6 Å². The maximum Gasteiger partial charge on any atom is 0.354 e. The predicted molar refractivity (Wildman–Crippen MR) is 124 cm³/mol. The van der Waals surface area contributed by atoms with E-state index >= 15 is 0 Å². The third-order valence-corrected chi connectivity index (χ3v) is 5.31. The van der Waals surface area contributed by atoms with Gasteiger partial charge in [0.25, 0.3) is 0 Å². The third kappa shape index (κ3) is 6.04. The van der Waals surface area contributed by atoms with Crippen LogP contribution in [0.3, 0.4) is 0 Å². The average molecular weight is 458 g/mol. The lowest BCUT2D eigenvalue weighted by Crippen LogP contribution is -2.13. The highest BCUT2D eigenvalue weighted by Gasteiger charge is 2.19. The van der Waals surface area contributed by atoms with Gasteiger partial charge in [-0.1, -0.05) is 41.9 Å². The van der Waals surface area contributed by atoms with Gasteiger partial charge in [-0.25, -0.2) is 4.79 Å². The van der Waals surface area contributed by atoms with Gasteiger partial charge in [0.2, 0.25) is 0 Å². The summed E-state index contributed by atoms with van der Waals surface area (Å²) in [5, 5.41) is 1.26. The van der Waals surface area contributed by atoms with E-state index in [0.717, 1.165) is 16.5 Å². The van der Waals surface area contributed by atoms with Gasteiger partial charge in [0.1, 0.15) is 18.1 Å². The van der Waals surface area contributed by atoms with Gasteiger partial charge in [-0.05, 0) is 44.4 Å². The van der Waals surface area contributed by atoms with Crippen molar-refractivity contribution in [3.05, 3.63) is 64.8 Å². The lowest BCUT2D eigenvalue weighted by Gasteiger charge is -2.12. The van der Waals surface area contributed by atoms with Gasteiger partial charge in [-0.15, -0.1) is 0 Å². The fourth-order valence-electron chi connectivity index (χ4n) is 3.50. The molecule has 0 radical (unpaired) electrons. The Labute approximate surface area is 193 Å². The molecule has 0 amide bonds. The number of benzene rings is 2. The Kier molecular flexibility index (Phi) is 8.56. The third-order valence-electron chi connectivity index (χ3n) is 4.99. The molecule has 0 spiro atoms. The van der Waals surface area contributed by atoms with Gasteiger partial charge in [0, 0.05) is 24.4 Å². The number of fused-ring (bicyclic) bond motifs is 1. The van der Waals surface area contributed by atoms with Crippen molar-refractivity contribution >= 4 is 34.4 Å². The zero-order chi connectivity index (χ0) is 22.9. The number of unbranched alkanes of at least 4 members (excludes halogenated alkanes) is 1. The minimum atomic E-state index is -0.406. The molecule has 0 aliphatic rings. The Morgan fingerprint density at radius 2 is 1.72 bits per heavy atom. The quantitative estimate of drug-likeness (QED) is 0.269. The molecule has 0 saturated carbocycles. The minimum Gasteiger partial charge on any atom is -0.489 e. The van der Waals surface area contributed by atoms with Gasteiger partial charge in [-0.2, -0.15) is 0 Å². The molecule has 32 heavy (non-hydrogen) atoms. The molecule has 1 heterocycles. The molecule has 0 aliphatic heterocycles. The maximum absolute atomic E-state index is 12.6. The van der Waals surface area contributed by atoms with Crippen LogP contribution in [0, 0.1) is 0 Å². The number of aryl methyl sites for hydroxylation is 1. The topological polar surface area (TPSA) is 66.8 Å². The van der Waals surface area contributed by atoms with Crippen LogP contribution in [0.4, 0.5) is 0 Å². The first-order valence-electron chi connectivity index (χ1n) is 10.9. The second-order valence-electron chi connectivity index (χ2n) is 7.28. The summed E-state index contributed by atoms with van der Waals surface area (Å²) in [6, 6.07) is 15.3. The summed E-state index contributed by atoms with van der Waals surface area (Å²) in [6.07, 6.45) is 1.69. The van der Waals surface area contributed by atoms with Crippen LogP contribution in [-0.4, -0.2) is 29.7 Å². The SMILES string of the molecule is CCOC(=O)CCCCn1c(C(=O)OCC)cc2c(Cl)cc(OCc3ccccc3)cc21. The monoisotopic (exact) mass is 457 g/mol. The van der Waals surface area contributed by atoms with Crippen LogP contribution in [0.5, 0.6) is 5.75 Å². The van der Waals surface area contributed by atoms with E-state index < -0.39 is 5.97 Å². The number of hydrogen-bond acceptors (Lipinski definition) is 5. The number of carbonyl (C=O) groups excluding carboxylic acids is 2. The molecule has 0 aliphatic carbocycles. The standard InChI is InChI=1S/C25H28ClNO5/c1-3-30-24(28)12-8-9-13-27-22-15-19(32-17-18-10-6-5-7-11-18)14-21(26)20(22)16-23(27)25(29)31-4-2/h5-7,10-11,14-16H,3-4,8-9,12-13,17H2,1-2H3. The van der Waals surface area contributed by atoms with E-state index in [1.807, 2.05) is 41.0 Å². The Morgan fingerprint density at radius 3 is 2.44 bits per heavy atom. The number of ether oxygens (including phenoxy) is 3. The van der Waals surface area contributed by atoms with E-state index in [0.29, 0.717) is 55.5 Å². The minimum absolute atomic E-state index is 0.213. The van der Waals surface area contributed by atoms with Crippen molar-refractivity contribution in [2.24, 2.45) is 0 Å². The van der Waals surface area contributed by atoms with Crippen molar-refractivity contribution in [1.82, 2.24) is 4.57 Å². The van der Waals surface area contributed by atoms with Gasteiger partial charge in [-0.3, -0.25) is 4.79 Å². The van der Waals surface area contributed by atoms with Crippen LogP contribution in [0.2, 0.25) is 5.02 Å². The highest BCUT2D eigenvalue weighted by molar-refractivity contribution is 6.35. The predicted octanol–water partition coefficient (Wildman–Crippen LogP) is 5.78. The molecule has 7 heteroatoms. The molecule has 0 fully saturated rings. The summed E-state index contributed by atoms with van der Waals surface area (Å²) >= 11 is 6.54. The number of nitrogens with zero attached hydrogens (tertiary/aromatic N) is 1. The molecule has 0 unspecified atom stereocenters. The normalized spacial score (nSPS) is 10.8. The van der Waals surface area contributed by atoms with E-state index in [-0.39, 0.29) is 12.6 Å². The fourth-order valence-corrected chi connectivity index (χ4v) is 3.76. The second-order valence-corrected chi connectivity index (χ2v) is 7.68. The highest BCUT2D eigenvalue weighted by atomic mass is 35.5. The van der Waals surface area contributed by atoms with Gasteiger partial charge in [0.15, 0.2) is 0 Å². The Bertz CT molecular complexity index is 1060. The Hall–Kier alpha value is -2.99. The van der Waals surface area contributed by atoms with Crippen molar-refractivity contribution < 1.29 is 23.8 Å². The molecular formula is C25H28ClNO5. The number of aromatic nitrogens is 1. The summed E-state index contributed by atoms with van der Waals surface area (Å²) in [6.45, 7) is 5.16. The number of halogens is 1. The van der Waals surface area contributed by atoms with E-state index in [4.69, 9.17) is 25.8 Å². The number of rotatable bonds is 11. The van der Waals surface area contributed by atoms with E-state index in [2.05, 4.69) is 0 Å². The summed E-state index contributed by atoms with van der Waals surface area (Å²) in [5.41, 5.74) is 2.27. The van der Waals surface area contributed by atoms with Crippen LogP contribution in [0.15, 0.2) is 48.5 Å². The van der Waals surface area contributed by atoms with Gasteiger partial charge in [0.05, 0.1) is 23.8 Å². The molecule has 0 atom stereocenters. The van der Waals surface area contributed by atoms with Crippen LogP contribution in [0.1, 0.15) is 49.2 Å². The Morgan fingerprint density at radius 1 is 0.969 bits per heavy atom. The van der Waals surface area contributed by atoms with Crippen molar-refractivity contribution in [1.29, 1.82) is 0 Å². The summed E-state index contributed by atoms with van der Waals surface area (Å²) in [4.78, 5) is 24.2. The second kappa shape index (κ2) is 11.6. The van der Waals surface area contributed by atoms with Gasteiger partial charge >= 0.3 is 11.9 Å². The summed E-state index contributed by atoms with van der Waals surface area (Å²) in [7, 11) is 0. The molecule has 0 bridgehead atoms. The van der Waals surface area contributed by atoms with Crippen molar-refractivity contribution in [3.8, 4) is 5.75 Å². The first kappa shape index (κ1) is 23.7. The molecule has 3 rings (SSSR count). The molecular weight excluding hydrogens is 430 g/mol. The molecule has 6 nitrogen and oxygen atoms in total.